The number of aromatic nitrogens is 2. The molecule has 0 amide bonds. The van der Waals surface area contributed by atoms with Crippen LogP contribution >= 0.6 is 24.0 Å². The first-order valence-electron chi connectivity index (χ1n) is 9.89. The zero-order valence-corrected chi connectivity index (χ0v) is 19.6. The molecule has 0 aliphatic carbocycles. The molecule has 1 aromatic heterocycles. The topological polar surface area (TPSA) is 93.8 Å². The molecule has 0 unspecified atom stereocenters. The SMILES string of the molecule is CCNC(=NCCCc1nc(C(C)C)no1)NCCc1ccc2c(c1)OCO2.I. The standard InChI is InChI=1S/C20H29N5O3.HI/c1-4-21-20(22-10-5-6-18-24-19(14(2)3)25-28-18)23-11-9-15-7-8-16-17(12-15)27-13-26-16;/h7-8,12,14H,4-6,9-11,13H2,1-3H3,(H2,21,22,23);1H. The molecule has 0 saturated carbocycles. The molecule has 1 aliphatic heterocycles. The lowest BCUT2D eigenvalue weighted by atomic mass is 10.1. The van der Waals surface area contributed by atoms with Gasteiger partial charge < -0.3 is 24.6 Å². The van der Waals surface area contributed by atoms with Crippen molar-refractivity contribution < 1.29 is 14.0 Å². The second-order valence-corrected chi connectivity index (χ2v) is 6.93. The van der Waals surface area contributed by atoms with Crippen LogP contribution in [0.2, 0.25) is 0 Å². The lowest BCUT2D eigenvalue weighted by Gasteiger charge is -2.11. The molecule has 0 bridgehead atoms. The molecule has 0 atom stereocenters. The van der Waals surface area contributed by atoms with Gasteiger partial charge in [-0.15, -0.1) is 24.0 Å². The molecule has 1 aromatic carbocycles. The Kier molecular flexibility index (Phi) is 9.49. The first kappa shape index (κ1) is 23.2. The first-order chi connectivity index (χ1) is 13.7. The Hall–Kier alpha value is -2.04. The summed E-state index contributed by atoms with van der Waals surface area (Å²) < 4.78 is 16.0. The maximum atomic E-state index is 5.43. The van der Waals surface area contributed by atoms with Crippen molar-refractivity contribution in [3.05, 3.63) is 35.5 Å². The number of guanidine groups is 1. The highest BCUT2D eigenvalue weighted by Gasteiger charge is 2.13. The highest BCUT2D eigenvalue weighted by Crippen LogP contribution is 2.32. The summed E-state index contributed by atoms with van der Waals surface area (Å²) in [6.07, 6.45) is 2.47. The normalized spacial score (nSPS) is 12.8. The van der Waals surface area contributed by atoms with Crippen molar-refractivity contribution >= 4 is 29.9 Å². The summed E-state index contributed by atoms with van der Waals surface area (Å²) in [5.74, 6) is 4.17. The molecule has 0 saturated heterocycles. The highest BCUT2D eigenvalue weighted by atomic mass is 127. The van der Waals surface area contributed by atoms with Crippen molar-refractivity contribution in [2.45, 2.75) is 46.0 Å². The third-order valence-electron chi connectivity index (χ3n) is 4.31. The van der Waals surface area contributed by atoms with Crippen molar-refractivity contribution in [1.82, 2.24) is 20.8 Å². The van der Waals surface area contributed by atoms with Crippen LogP contribution < -0.4 is 20.1 Å². The van der Waals surface area contributed by atoms with Gasteiger partial charge in [0.25, 0.3) is 0 Å². The second kappa shape index (κ2) is 11.8. The predicted molar refractivity (Wildman–Crippen MR) is 122 cm³/mol. The van der Waals surface area contributed by atoms with Crippen molar-refractivity contribution in [2.75, 3.05) is 26.4 Å². The van der Waals surface area contributed by atoms with Gasteiger partial charge in [-0.1, -0.05) is 25.1 Å². The minimum atomic E-state index is 0. The average molecular weight is 515 g/mol. The van der Waals surface area contributed by atoms with Gasteiger partial charge in [0, 0.05) is 32.0 Å². The molecule has 1 aliphatic rings. The Morgan fingerprint density at radius 1 is 1.17 bits per heavy atom. The van der Waals surface area contributed by atoms with Crippen LogP contribution in [-0.4, -0.2) is 42.5 Å². The summed E-state index contributed by atoms with van der Waals surface area (Å²) in [6, 6.07) is 6.05. The van der Waals surface area contributed by atoms with E-state index in [-0.39, 0.29) is 29.9 Å². The van der Waals surface area contributed by atoms with Crippen LogP contribution in [0.1, 0.15) is 50.4 Å². The summed E-state index contributed by atoms with van der Waals surface area (Å²) in [4.78, 5) is 9.01. The van der Waals surface area contributed by atoms with Gasteiger partial charge in [-0.25, -0.2) is 0 Å². The summed E-state index contributed by atoms with van der Waals surface area (Å²) in [5, 5.41) is 10.6. The quantitative estimate of drug-likeness (QED) is 0.229. The number of benzene rings is 1. The molecular formula is C20H30IN5O3. The average Bonchev–Trinajstić information content (AvgIpc) is 3.34. The Morgan fingerprint density at radius 3 is 2.76 bits per heavy atom. The minimum absolute atomic E-state index is 0. The lowest BCUT2D eigenvalue weighted by molar-refractivity contribution is 0.174. The number of halogens is 1. The van der Waals surface area contributed by atoms with Crippen LogP contribution in [0, 0.1) is 0 Å². The molecular weight excluding hydrogens is 485 g/mol. The van der Waals surface area contributed by atoms with Crippen LogP contribution in [0.5, 0.6) is 11.5 Å². The fourth-order valence-electron chi connectivity index (χ4n) is 2.79. The number of hydrogen-bond acceptors (Lipinski definition) is 6. The predicted octanol–water partition coefficient (Wildman–Crippen LogP) is 3.27. The monoisotopic (exact) mass is 515 g/mol. The molecule has 8 nitrogen and oxygen atoms in total. The van der Waals surface area contributed by atoms with E-state index in [2.05, 4.69) is 52.6 Å². The van der Waals surface area contributed by atoms with Crippen molar-refractivity contribution in [2.24, 2.45) is 4.99 Å². The zero-order valence-electron chi connectivity index (χ0n) is 17.2. The van der Waals surface area contributed by atoms with Gasteiger partial charge in [-0.2, -0.15) is 4.98 Å². The van der Waals surface area contributed by atoms with E-state index in [1.54, 1.807) is 0 Å². The van der Waals surface area contributed by atoms with E-state index < -0.39 is 0 Å². The van der Waals surface area contributed by atoms with Gasteiger partial charge in [0.1, 0.15) is 0 Å². The van der Waals surface area contributed by atoms with Gasteiger partial charge in [-0.3, -0.25) is 4.99 Å². The van der Waals surface area contributed by atoms with Gasteiger partial charge >= 0.3 is 0 Å². The summed E-state index contributed by atoms with van der Waals surface area (Å²) in [5.41, 5.74) is 1.20. The third kappa shape index (κ3) is 7.06. The van der Waals surface area contributed by atoms with Crippen molar-refractivity contribution in [3.63, 3.8) is 0 Å². The second-order valence-electron chi connectivity index (χ2n) is 6.93. The molecule has 0 radical (unpaired) electrons. The maximum absolute atomic E-state index is 5.43. The molecule has 2 heterocycles. The van der Waals surface area contributed by atoms with Crippen molar-refractivity contribution in [3.8, 4) is 11.5 Å². The zero-order chi connectivity index (χ0) is 19.8. The molecule has 2 N–H and O–H groups in total. The molecule has 2 aromatic rings. The van der Waals surface area contributed by atoms with Crippen LogP contribution in [0.15, 0.2) is 27.7 Å². The van der Waals surface area contributed by atoms with Gasteiger partial charge in [0.2, 0.25) is 12.7 Å². The summed E-state index contributed by atoms with van der Waals surface area (Å²) >= 11 is 0. The van der Waals surface area contributed by atoms with E-state index >= 15 is 0 Å². The number of hydrogen-bond donors (Lipinski definition) is 2. The molecule has 3 rings (SSSR count). The van der Waals surface area contributed by atoms with Gasteiger partial charge in [0.15, 0.2) is 23.3 Å². The number of ether oxygens (including phenoxy) is 2. The molecule has 160 valence electrons. The van der Waals surface area contributed by atoms with Gasteiger partial charge in [0.05, 0.1) is 0 Å². The first-order valence-corrected chi connectivity index (χ1v) is 9.89. The summed E-state index contributed by atoms with van der Waals surface area (Å²) in [6.45, 7) is 8.76. The van der Waals surface area contributed by atoms with Crippen LogP contribution in [-0.2, 0) is 12.8 Å². The number of aliphatic imine (C=N–C) groups is 1. The van der Waals surface area contributed by atoms with Crippen LogP contribution in [0.4, 0.5) is 0 Å². The third-order valence-corrected chi connectivity index (χ3v) is 4.31. The number of aryl methyl sites for hydroxylation is 1. The number of nitrogens with one attached hydrogen (secondary N) is 2. The van der Waals surface area contributed by atoms with E-state index in [1.807, 2.05) is 12.1 Å². The lowest BCUT2D eigenvalue weighted by Crippen LogP contribution is -2.38. The Morgan fingerprint density at radius 2 is 2.00 bits per heavy atom. The Balaban J connectivity index is 0.00000300. The number of fused-ring (bicyclic) bond motifs is 1. The van der Waals surface area contributed by atoms with E-state index in [4.69, 9.17) is 14.0 Å². The fourth-order valence-corrected chi connectivity index (χ4v) is 2.79. The van der Waals surface area contributed by atoms with Crippen molar-refractivity contribution in [1.29, 1.82) is 0 Å². The van der Waals surface area contributed by atoms with Gasteiger partial charge in [-0.05, 0) is 37.5 Å². The highest BCUT2D eigenvalue weighted by molar-refractivity contribution is 14.0. The minimum Gasteiger partial charge on any atom is -0.454 e. The largest absolute Gasteiger partial charge is 0.454 e. The number of nitrogens with zero attached hydrogens (tertiary/aromatic N) is 3. The number of rotatable bonds is 9. The maximum Gasteiger partial charge on any atom is 0.231 e. The Labute approximate surface area is 188 Å². The summed E-state index contributed by atoms with van der Waals surface area (Å²) in [7, 11) is 0. The van der Waals surface area contributed by atoms with E-state index in [1.165, 1.54) is 5.56 Å². The molecule has 0 spiro atoms. The smallest absolute Gasteiger partial charge is 0.231 e. The van der Waals surface area contributed by atoms with E-state index in [9.17, 15) is 0 Å². The molecule has 29 heavy (non-hydrogen) atoms. The van der Waals surface area contributed by atoms with Crippen LogP contribution in [0.3, 0.4) is 0 Å². The van der Waals surface area contributed by atoms with Crippen LogP contribution in [0.25, 0.3) is 0 Å². The molecule has 0 fully saturated rings. The molecule has 9 heteroatoms. The van der Waals surface area contributed by atoms with E-state index in [0.717, 1.165) is 55.6 Å². The fraction of sp³-hybridized carbons (Fsp3) is 0.550. The van der Waals surface area contributed by atoms with E-state index in [0.29, 0.717) is 19.2 Å². The Bertz CT molecular complexity index is 794.